The van der Waals surface area contributed by atoms with Gasteiger partial charge in [-0.3, -0.25) is 9.48 Å². The molecule has 5 nitrogen and oxygen atoms in total. The molecule has 0 bridgehead atoms. The first-order valence-electron chi connectivity index (χ1n) is 8.08. The van der Waals surface area contributed by atoms with E-state index in [0.29, 0.717) is 10.7 Å². The number of carbonyl (C=O) groups excluding carboxylic acids is 1. The Morgan fingerprint density at radius 3 is 2.79 bits per heavy atom. The van der Waals surface area contributed by atoms with Crippen molar-refractivity contribution in [3.63, 3.8) is 0 Å². The van der Waals surface area contributed by atoms with E-state index >= 15 is 0 Å². The monoisotopic (exact) mass is 342 g/mol. The first kappa shape index (κ1) is 15.3. The van der Waals surface area contributed by atoms with Crippen LogP contribution < -0.4 is 5.32 Å². The highest BCUT2D eigenvalue weighted by atomic mass is 35.5. The topological polar surface area (TPSA) is 62.7 Å². The van der Waals surface area contributed by atoms with Gasteiger partial charge in [-0.05, 0) is 50.5 Å². The third kappa shape index (κ3) is 2.31. The lowest BCUT2D eigenvalue weighted by molar-refractivity contribution is 0.0818. The van der Waals surface area contributed by atoms with Crippen molar-refractivity contribution in [2.45, 2.75) is 31.7 Å². The number of fused-ring (bicyclic) bond motifs is 1. The molecule has 1 aliphatic carbocycles. The molecule has 1 aliphatic rings. The number of halogens is 1. The van der Waals surface area contributed by atoms with Crippen molar-refractivity contribution in [3.05, 3.63) is 52.4 Å². The van der Waals surface area contributed by atoms with E-state index in [1.807, 2.05) is 49.1 Å². The maximum Gasteiger partial charge on any atom is 0.268 e. The zero-order valence-corrected chi connectivity index (χ0v) is 14.4. The third-order valence-corrected chi connectivity index (χ3v) is 5.37. The Balaban J connectivity index is 1.65. The number of amides is 1. The van der Waals surface area contributed by atoms with Crippen LogP contribution in [-0.2, 0) is 12.6 Å². The molecule has 0 spiro atoms. The third-order valence-electron chi connectivity index (χ3n) is 5.14. The van der Waals surface area contributed by atoms with E-state index in [9.17, 15) is 4.79 Å². The van der Waals surface area contributed by atoms with Gasteiger partial charge in [-0.1, -0.05) is 11.6 Å². The Morgan fingerprint density at radius 2 is 2.17 bits per heavy atom. The number of aromatic nitrogens is 3. The van der Waals surface area contributed by atoms with Gasteiger partial charge in [-0.25, -0.2) is 0 Å². The Kier molecular flexibility index (Phi) is 3.42. The molecule has 0 saturated heterocycles. The van der Waals surface area contributed by atoms with Crippen molar-refractivity contribution in [2.75, 3.05) is 0 Å². The van der Waals surface area contributed by atoms with Gasteiger partial charge >= 0.3 is 0 Å². The van der Waals surface area contributed by atoms with Crippen molar-refractivity contribution in [1.29, 1.82) is 0 Å². The Labute approximate surface area is 145 Å². The van der Waals surface area contributed by atoms with Crippen molar-refractivity contribution in [2.24, 2.45) is 7.05 Å². The predicted molar refractivity (Wildman–Crippen MR) is 94.2 cm³/mol. The molecule has 2 aromatic heterocycles. The molecule has 6 heteroatoms. The molecule has 1 amide bonds. The summed E-state index contributed by atoms with van der Waals surface area (Å²) in [6.45, 7) is 2.04. The summed E-state index contributed by atoms with van der Waals surface area (Å²) in [7, 11) is 1.93. The number of hydrogen-bond acceptors (Lipinski definition) is 2. The van der Waals surface area contributed by atoms with Gasteiger partial charge in [0.25, 0.3) is 5.91 Å². The van der Waals surface area contributed by atoms with Crippen molar-refractivity contribution in [3.8, 4) is 0 Å². The molecule has 0 aliphatic heterocycles. The molecule has 3 aromatic rings. The van der Waals surface area contributed by atoms with E-state index in [1.54, 1.807) is 0 Å². The average Bonchev–Trinajstić information content (AvgIpc) is 3.08. The quantitative estimate of drug-likeness (QED) is 0.762. The highest BCUT2D eigenvalue weighted by Crippen LogP contribution is 2.42. The fourth-order valence-electron chi connectivity index (χ4n) is 3.47. The maximum absolute atomic E-state index is 12.8. The van der Waals surface area contributed by atoms with Crippen LogP contribution in [0.5, 0.6) is 0 Å². The second-order valence-corrected chi connectivity index (χ2v) is 7.01. The SMILES string of the molecule is Cc1c(C2(NC(=O)c3cc4cc(Cl)ccc4[nH]3)CCC2)cnn1C. The number of aryl methyl sites for hydroxylation is 1. The van der Waals surface area contributed by atoms with E-state index in [2.05, 4.69) is 15.4 Å². The van der Waals surface area contributed by atoms with Gasteiger partial charge < -0.3 is 10.3 Å². The minimum atomic E-state index is -0.301. The standard InChI is InChI=1S/C18H19ClN4O/c1-11-14(10-20-23(11)2)18(6-3-7-18)22-17(24)16-9-12-8-13(19)4-5-15(12)21-16/h4-5,8-10,21H,3,6-7H2,1-2H3,(H,22,24). The smallest absolute Gasteiger partial charge is 0.268 e. The molecule has 124 valence electrons. The minimum Gasteiger partial charge on any atom is -0.351 e. The number of nitrogens with zero attached hydrogens (tertiary/aromatic N) is 2. The predicted octanol–water partition coefficient (Wildman–Crippen LogP) is 3.67. The summed E-state index contributed by atoms with van der Waals surface area (Å²) in [6.07, 6.45) is 4.87. The molecule has 0 atom stereocenters. The van der Waals surface area contributed by atoms with Crippen LogP contribution in [-0.4, -0.2) is 20.7 Å². The minimum absolute atomic E-state index is 0.0923. The normalized spacial score (nSPS) is 16.1. The van der Waals surface area contributed by atoms with Gasteiger partial charge in [-0.15, -0.1) is 0 Å². The first-order chi connectivity index (χ1) is 11.5. The van der Waals surface area contributed by atoms with Gasteiger partial charge in [0.2, 0.25) is 0 Å². The van der Waals surface area contributed by atoms with E-state index in [4.69, 9.17) is 11.6 Å². The molecule has 1 fully saturated rings. The molecule has 2 heterocycles. The number of benzene rings is 1. The Hall–Kier alpha value is -2.27. The maximum atomic E-state index is 12.8. The van der Waals surface area contributed by atoms with Crippen molar-refractivity contribution < 1.29 is 4.79 Å². The van der Waals surface area contributed by atoms with Crippen LogP contribution in [0.15, 0.2) is 30.5 Å². The zero-order valence-electron chi connectivity index (χ0n) is 13.7. The highest BCUT2D eigenvalue weighted by molar-refractivity contribution is 6.31. The van der Waals surface area contributed by atoms with E-state index in [1.165, 1.54) is 0 Å². The van der Waals surface area contributed by atoms with Crippen molar-refractivity contribution in [1.82, 2.24) is 20.1 Å². The zero-order chi connectivity index (χ0) is 16.9. The molecule has 24 heavy (non-hydrogen) atoms. The van der Waals surface area contributed by atoms with Gasteiger partial charge in [0.1, 0.15) is 5.69 Å². The largest absolute Gasteiger partial charge is 0.351 e. The van der Waals surface area contributed by atoms with E-state index < -0.39 is 0 Å². The molecular weight excluding hydrogens is 324 g/mol. The number of nitrogens with one attached hydrogen (secondary N) is 2. The summed E-state index contributed by atoms with van der Waals surface area (Å²) < 4.78 is 1.85. The molecule has 4 rings (SSSR count). The lowest BCUT2D eigenvalue weighted by Gasteiger charge is -2.42. The Bertz CT molecular complexity index is 936. The fraction of sp³-hybridized carbons (Fsp3) is 0.333. The summed E-state index contributed by atoms with van der Waals surface area (Å²) in [5.41, 5.74) is 3.37. The van der Waals surface area contributed by atoms with Crippen molar-refractivity contribution >= 4 is 28.4 Å². The van der Waals surface area contributed by atoms with Crippen LogP contribution in [0.4, 0.5) is 0 Å². The molecule has 0 unspecified atom stereocenters. The molecule has 0 radical (unpaired) electrons. The summed E-state index contributed by atoms with van der Waals surface area (Å²) in [4.78, 5) is 16.0. The van der Waals surface area contributed by atoms with Gasteiger partial charge in [-0.2, -0.15) is 5.10 Å². The van der Waals surface area contributed by atoms with Crippen LogP contribution in [0.2, 0.25) is 5.02 Å². The van der Waals surface area contributed by atoms with Gasteiger partial charge in [0.15, 0.2) is 0 Å². The summed E-state index contributed by atoms with van der Waals surface area (Å²) in [5.74, 6) is -0.0923. The molecule has 1 saturated carbocycles. The van der Waals surface area contributed by atoms with Crippen LogP contribution in [0.1, 0.15) is 41.0 Å². The van der Waals surface area contributed by atoms with Gasteiger partial charge in [0.05, 0.1) is 11.7 Å². The molecule has 1 aromatic carbocycles. The van der Waals surface area contributed by atoms with Gasteiger partial charge in [0, 0.05) is 34.2 Å². The number of rotatable bonds is 3. The fourth-order valence-corrected chi connectivity index (χ4v) is 3.65. The number of aromatic amines is 1. The lowest BCUT2D eigenvalue weighted by atomic mass is 9.72. The Morgan fingerprint density at radius 1 is 1.38 bits per heavy atom. The van der Waals surface area contributed by atoms with E-state index in [0.717, 1.165) is 41.4 Å². The first-order valence-corrected chi connectivity index (χ1v) is 8.46. The number of H-pyrrole nitrogens is 1. The van der Waals surface area contributed by atoms with Crippen LogP contribution >= 0.6 is 11.6 Å². The molecule has 2 N–H and O–H groups in total. The van der Waals surface area contributed by atoms with E-state index in [-0.39, 0.29) is 11.4 Å². The molecular formula is C18H19ClN4O. The van der Waals surface area contributed by atoms with Crippen LogP contribution in [0.3, 0.4) is 0 Å². The highest BCUT2D eigenvalue weighted by Gasteiger charge is 2.42. The second kappa shape index (κ2) is 5.38. The summed E-state index contributed by atoms with van der Waals surface area (Å²) in [5, 5.41) is 9.17. The second-order valence-electron chi connectivity index (χ2n) is 6.57. The van der Waals surface area contributed by atoms with Crippen LogP contribution in [0.25, 0.3) is 10.9 Å². The number of hydrogen-bond donors (Lipinski definition) is 2. The number of carbonyl (C=O) groups is 1. The average molecular weight is 343 g/mol. The van der Waals surface area contributed by atoms with Crippen LogP contribution in [0, 0.1) is 6.92 Å². The lowest BCUT2D eigenvalue weighted by Crippen LogP contribution is -2.51. The summed E-state index contributed by atoms with van der Waals surface area (Å²) in [6, 6.07) is 7.40. The summed E-state index contributed by atoms with van der Waals surface area (Å²) >= 11 is 6.02.